The fourth-order valence-corrected chi connectivity index (χ4v) is 3.78. The van der Waals surface area contributed by atoms with Crippen LogP contribution in [-0.2, 0) is 12.8 Å². The molecule has 0 radical (unpaired) electrons. The molecule has 5 heteroatoms. The van der Waals surface area contributed by atoms with Crippen LogP contribution < -0.4 is 10.2 Å². The number of aromatic nitrogens is 2. The number of hydrogen-bond donors (Lipinski definition) is 1. The molecule has 1 atom stereocenters. The summed E-state index contributed by atoms with van der Waals surface area (Å²) in [6.45, 7) is 6.13. The zero-order valence-electron chi connectivity index (χ0n) is 16.4. The van der Waals surface area contributed by atoms with E-state index >= 15 is 0 Å². The molecule has 142 valence electrons. The lowest BCUT2D eigenvalue weighted by Crippen LogP contribution is -2.27. The molecule has 0 saturated carbocycles. The van der Waals surface area contributed by atoms with Gasteiger partial charge in [0, 0.05) is 23.1 Å². The van der Waals surface area contributed by atoms with E-state index in [4.69, 9.17) is 0 Å². The van der Waals surface area contributed by atoms with Gasteiger partial charge in [0.1, 0.15) is 5.69 Å². The van der Waals surface area contributed by atoms with Crippen molar-refractivity contribution in [2.24, 2.45) is 0 Å². The van der Waals surface area contributed by atoms with Crippen LogP contribution in [0.25, 0.3) is 0 Å². The summed E-state index contributed by atoms with van der Waals surface area (Å²) in [4.78, 5) is 24.3. The predicted octanol–water partition coefficient (Wildman–Crippen LogP) is 4.68. The van der Waals surface area contributed by atoms with Gasteiger partial charge in [-0.25, -0.2) is 9.97 Å². The molecule has 1 unspecified atom stereocenters. The normalized spacial score (nSPS) is 15.4. The largest absolute Gasteiger partial charge is 0.320 e. The van der Waals surface area contributed by atoms with Crippen LogP contribution in [0.15, 0.2) is 54.6 Å². The number of nitrogens with zero attached hydrogens (tertiary/aromatic N) is 3. The van der Waals surface area contributed by atoms with E-state index in [-0.39, 0.29) is 11.9 Å². The smallest absolute Gasteiger partial charge is 0.274 e. The molecule has 0 aliphatic carbocycles. The highest BCUT2D eigenvalue weighted by atomic mass is 16.1. The maximum atomic E-state index is 12.9. The molecule has 5 nitrogen and oxygen atoms in total. The van der Waals surface area contributed by atoms with Crippen LogP contribution in [0.2, 0.25) is 0 Å². The van der Waals surface area contributed by atoms with Crippen LogP contribution >= 0.6 is 0 Å². The molecular formula is C23H24N4O. The highest BCUT2D eigenvalue weighted by molar-refractivity contribution is 6.03. The monoisotopic (exact) mass is 372 g/mol. The van der Waals surface area contributed by atoms with Gasteiger partial charge in [0.15, 0.2) is 0 Å². The second-order valence-electron chi connectivity index (χ2n) is 7.21. The lowest BCUT2D eigenvalue weighted by atomic mass is 10.1. The SMILES string of the molecule is CCc1ccccc1NC(=O)c1cc(C)nc(N2c3ccccc3CC2C)n1. The highest BCUT2D eigenvalue weighted by Crippen LogP contribution is 2.36. The summed E-state index contributed by atoms with van der Waals surface area (Å²) in [5.74, 6) is 0.360. The van der Waals surface area contributed by atoms with E-state index in [0.717, 1.165) is 35.5 Å². The van der Waals surface area contributed by atoms with Crippen molar-refractivity contribution in [3.63, 3.8) is 0 Å². The molecule has 0 spiro atoms. The first-order valence-electron chi connectivity index (χ1n) is 9.69. The zero-order chi connectivity index (χ0) is 19.7. The van der Waals surface area contributed by atoms with Crippen molar-refractivity contribution in [2.45, 2.75) is 39.7 Å². The minimum atomic E-state index is -0.215. The minimum Gasteiger partial charge on any atom is -0.320 e. The first kappa shape index (κ1) is 18.2. The fourth-order valence-electron chi connectivity index (χ4n) is 3.78. The zero-order valence-corrected chi connectivity index (χ0v) is 16.4. The number of amides is 1. The Morgan fingerprint density at radius 1 is 1.14 bits per heavy atom. The molecule has 3 aromatic rings. The second-order valence-corrected chi connectivity index (χ2v) is 7.21. The summed E-state index contributed by atoms with van der Waals surface area (Å²) in [6.07, 6.45) is 1.80. The van der Waals surface area contributed by atoms with Gasteiger partial charge < -0.3 is 10.2 Å². The molecule has 0 bridgehead atoms. The van der Waals surface area contributed by atoms with Crippen molar-refractivity contribution in [1.29, 1.82) is 0 Å². The van der Waals surface area contributed by atoms with Gasteiger partial charge in [-0.3, -0.25) is 4.79 Å². The number of aryl methyl sites for hydroxylation is 2. The van der Waals surface area contributed by atoms with Crippen LogP contribution in [-0.4, -0.2) is 21.9 Å². The van der Waals surface area contributed by atoms with Crippen LogP contribution in [0, 0.1) is 6.92 Å². The molecule has 2 aromatic carbocycles. The van der Waals surface area contributed by atoms with Gasteiger partial charge in [-0.2, -0.15) is 0 Å². The van der Waals surface area contributed by atoms with Gasteiger partial charge in [0.25, 0.3) is 5.91 Å². The Bertz CT molecular complexity index is 1030. The molecule has 1 aromatic heterocycles. The quantitative estimate of drug-likeness (QED) is 0.722. The van der Waals surface area contributed by atoms with Gasteiger partial charge in [-0.1, -0.05) is 43.3 Å². The Kier molecular flexibility index (Phi) is 4.82. The molecule has 1 aliphatic rings. The van der Waals surface area contributed by atoms with Gasteiger partial charge in [0.2, 0.25) is 5.95 Å². The first-order valence-corrected chi connectivity index (χ1v) is 9.69. The van der Waals surface area contributed by atoms with Crippen molar-refractivity contribution in [1.82, 2.24) is 9.97 Å². The highest BCUT2D eigenvalue weighted by Gasteiger charge is 2.29. The number of rotatable bonds is 4. The lowest BCUT2D eigenvalue weighted by molar-refractivity contribution is 0.102. The third kappa shape index (κ3) is 3.36. The Morgan fingerprint density at radius 2 is 1.89 bits per heavy atom. The number of nitrogens with one attached hydrogen (secondary N) is 1. The van der Waals surface area contributed by atoms with Gasteiger partial charge in [-0.15, -0.1) is 0 Å². The Balaban J connectivity index is 1.67. The number of fused-ring (bicyclic) bond motifs is 1. The van der Waals surface area contributed by atoms with Gasteiger partial charge >= 0.3 is 0 Å². The Morgan fingerprint density at radius 3 is 2.71 bits per heavy atom. The maximum absolute atomic E-state index is 12.9. The summed E-state index contributed by atoms with van der Waals surface area (Å²) >= 11 is 0. The average molecular weight is 372 g/mol. The Hall–Kier alpha value is -3.21. The molecule has 4 rings (SSSR count). The molecule has 1 N–H and O–H groups in total. The van der Waals surface area contributed by atoms with Crippen LogP contribution in [0.3, 0.4) is 0 Å². The van der Waals surface area contributed by atoms with Crippen LogP contribution in [0.1, 0.15) is 41.2 Å². The molecule has 2 heterocycles. The van der Waals surface area contributed by atoms with Crippen molar-refractivity contribution >= 4 is 23.2 Å². The van der Waals surface area contributed by atoms with E-state index in [1.54, 1.807) is 6.07 Å². The minimum absolute atomic E-state index is 0.215. The van der Waals surface area contributed by atoms with E-state index in [1.807, 2.05) is 37.3 Å². The van der Waals surface area contributed by atoms with E-state index in [2.05, 4.69) is 52.2 Å². The van der Waals surface area contributed by atoms with E-state index in [0.29, 0.717) is 11.6 Å². The summed E-state index contributed by atoms with van der Waals surface area (Å²) in [7, 11) is 0. The number of hydrogen-bond acceptors (Lipinski definition) is 4. The van der Waals surface area contributed by atoms with E-state index in [1.165, 1.54) is 5.56 Å². The molecular weight excluding hydrogens is 348 g/mol. The number of benzene rings is 2. The molecule has 1 amide bonds. The van der Waals surface area contributed by atoms with E-state index in [9.17, 15) is 4.79 Å². The Labute approximate surface area is 165 Å². The second kappa shape index (κ2) is 7.43. The number of anilines is 3. The third-order valence-electron chi connectivity index (χ3n) is 5.14. The standard InChI is InChI=1S/C23H24N4O/c1-4-17-9-5-7-11-19(17)25-22(28)20-13-15(2)24-23(26-20)27-16(3)14-18-10-6-8-12-21(18)27/h5-13,16H,4,14H2,1-3H3,(H,25,28). The topological polar surface area (TPSA) is 58.1 Å². The molecule has 0 fully saturated rings. The summed E-state index contributed by atoms with van der Waals surface area (Å²) in [5.41, 5.74) is 5.48. The van der Waals surface area contributed by atoms with Gasteiger partial charge in [0.05, 0.1) is 0 Å². The van der Waals surface area contributed by atoms with E-state index < -0.39 is 0 Å². The van der Waals surface area contributed by atoms with Crippen molar-refractivity contribution in [2.75, 3.05) is 10.2 Å². The summed E-state index contributed by atoms with van der Waals surface area (Å²) in [6, 6.07) is 18.1. The predicted molar refractivity (Wildman–Crippen MR) is 112 cm³/mol. The summed E-state index contributed by atoms with van der Waals surface area (Å²) in [5, 5.41) is 3.01. The van der Waals surface area contributed by atoms with Crippen molar-refractivity contribution in [3.8, 4) is 0 Å². The fraction of sp³-hybridized carbons (Fsp3) is 0.261. The average Bonchev–Trinajstić information content (AvgIpc) is 3.03. The van der Waals surface area contributed by atoms with Crippen LogP contribution in [0.5, 0.6) is 0 Å². The van der Waals surface area contributed by atoms with Crippen molar-refractivity contribution in [3.05, 3.63) is 77.1 Å². The summed E-state index contributed by atoms with van der Waals surface area (Å²) < 4.78 is 0. The van der Waals surface area contributed by atoms with Crippen LogP contribution in [0.4, 0.5) is 17.3 Å². The maximum Gasteiger partial charge on any atom is 0.274 e. The molecule has 1 aliphatic heterocycles. The number of carbonyl (C=O) groups excluding carboxylic acids is 1. The third-order valence-corrected chi connectivity index (χ3v) is 5.14. The first-order chi connectivity index (χ1) is 13.6. The number of para-hydroxylation sites is 2. The van der Waals surface area contributed by atoms with Crippen molar-refractivity contribution < 1.29 is 4.79 Å². The molecule has 28 heavy (non-hydrogen) atoms. The molecule has 0 saturated heterocycles. The number of carbonyl (C=O) groups is 1. The lowest BCUT2D eigenvalue weighted by Gasteiger charge is -2.23. The van der Waals surface area contributed by atoms with Gasteiger partial charge in [-0.05, 0) is 56.0 Å².